The molecule has 0 fully saturated rings. The number of nitrogens with one attached hydrogen (secondary N) is 1. The molecule has 0 spiro atoms. The van der Waals surface area contributed by atoms with E-state index in [0.717, 1.165) is 12.8 Å². The van der Waals surface area contributed by atoms with E-state index in [-0.39, 0.29) is 12.3 Å². The van der Waals surface area contributed by atoms with Crippen molar-refractivity contribution in [1.82, 2.24) is 3.53 Å². The fourth-order valence-corrected chi connectivity index (χ4v) is 1.42. The van der Waals surface area contributed by atoms with E-state index in [4.69, 9.17) is 10.8 Å². The highest BCUT2D eigenvalue weighted by atomic mass is 127. The molecule has 0 rings (SSSR count). The van der Waals surface area contributed by atoms with E-state index >= 15 is 0 Å². The molecule has 0 saturated carbocycles. The van der Waals surface area contributed by atoms with Crippen LogP contribution < -0.4 is 9.26 Å². The normalized spacial score (nSPS) is 12.1. The third-order valence-corrected chi connectivity index (χ3v) is 2.37. The number of rotatable bonds is 7. The Morgan fingerprint density at radius 1 is 1.36 bits per heavy atom. The Morgan fingerprint density at radius 3 is 2.50 bits per heavy atom. The van der Waals surface area contributed by atoms with Crippen LogP contribution in [0.1, 0.15) is 32.1 Å². The number of hydrogen-bond donors (Lipinski definition) is 3. The van der Waals surface area contributed by atoms with Crippen LogP contribution in [0.4, 0.5) is 0 Å². The molecule has 1 atom stereocenters. The molecule has 0 aliphatic rings. The molecule has 0 bridgehead atoms. The van der Waals surface area contributed by atoms with Crippen molar-refractivity contribution in [2.75, 3.05) is 0 Å². The van der Waals surface area contributed by atoms with Crippen LogP contribution in [-0.4, -0.2) is 23.0 Å². The zero-order valence-corrected chi connectivity index (χ0v) is 9.99. The van der Waals surface area contributed by atoms with Gasteiger partial charge in [0.05, 0.1) is 28.9 Å². The fourth-order valence-electron chi connectivity index (χ4n) is 1.02. The highest BCUT2D eigenvalue weighted by Gasteiger charge is 2.10. The van der Waals surface area contributed by atoms with E-state index in [9.17, 15) is 9.59 Å². The van der Waals surface area contributed by atoms with Crippen molar-refractivity contribution in [3.05, 3.63) is 0 Å². The minimum Gasteiger partial charge on any atom is -0.481 e. The molecular weight excluding hydrogens is 299 g/mol. The first-order valence-electron chi connectivity index (χ1n) is 4.45. The molecule has 82 valence electrons. The molecule has 0 aromatic carbocycles. The van der Waals surface area contributed by atoms with Crippen LogP contribution >= 0.6 is 22.9 Å². The van der Waals surface area contributed by atoms with E-state index in [0.29, 0.717) is 12.8 Å². The summed E-state index contributed by atoms with van der Waals surface area (Å²) in [5, 5.41) is 8.36. The molecule has 0 unspecified atom stereocenters. The van der Waals surface area contributed by atoms with Gasteiger partial charge in [0.2, 0.25) is 5.91 Å². The molecule has 0 aromatic rings. The number of carboxylic acid groups (broad SMARTS) is 1. The van der Waals surface area contributed by atoms with Gasteiger partial charge in [0.1, 0.15) is 0 Å². The Balaban J connectivity index is 3.36. The molecule has 14 heavy (non-hydrogen) atoms. The van der Waals surface area contributed by atoms with Crippen molar-refractivity contribution >= 4 is 34.7 Å². The highest BCUT2D eigenvalue weighted by molar-refractivity contribution is 14.1. The summed E-state index contributed by atoms with van der Waals surface area (Å²) in [6.45, 7) is 0. The second-order valence-corrected chi connectivity index (χ2v) is 3.60. The quantitative estimate of drug-likeness (QED) is 0.368. The summed E-state index contributed by atoms with van der Waals surface area (Å²) < 4.78 is 2.44. The zero-order valence-electron chi connectivity index (χ0n) is 7.83. The van der Waals surface area contributed by atoms with Gasteiger partial charge in [-0.05, 0) is 12.8 Å². The molecule has 0 saturated heterocycles. The average molecular weight is 314 g/mol. The van der Waals surface area contributed by atoms with Crippen LogP contribution in [0, 0.1) is 0 Å². The summed E-state index contributed by atoms with van der Waals surface area (Å²) in [7, 11) is 0. The number of unbranched alkanes of at least 4 members (excludes halogenated alkanes) is 2. The van der Waals surface area contributed by atoms with Crippen molar-refractivity contribution in [2.45, 2.75) is 38.1 Å². The highest BCUT2D eigenvalue weighted by Crippen LogP contribution is 2.05. The lowest BCUT2D eigenvalue weighted by Gasteiger charge is -2.07. The fraction of sp³-hybridized carbons (Fsp3) is 0.750. The molecule has 1 amide bonds. The Bertz CT molecular complexity index is 199. The molecule has 4 N–H and O–H groups in total. The number of halogens is 1. The van der Waals surface area contributed by atoms with Crippen LogP contribution in [0.15, 0.2) is 0 Å². The first-order valence-corrected chi connectivity index (χ1v) is 5.53. The number of amides is 1. The summed E-state index contributed by atoms with van der Waals surface area (Å²) in [6.07, 6.45) is 3.03. The predicted molar refractivity (Wildman–Crippen MR) is 60.9 cm³/mol. The zero-order chi connectivity index (χ0) is 11.0. The van der Waals surface area contributed by atoms with Gasteiger partial charge in [-0.3, -0.25) is 13.1 Å². The van der Waals surface area contributed by atoms with Gasteiger partial charge in [-0.25, -0.2) is 0 Å². The molecule has 0 aliphatic heterocycles. The number of aliphatic carboxylic acids is 1. The molecular formula is C8H15IN2O3. The van der Waals surface area contributed by atoms with E-state index in [1.54, 1.807) is 22.9 Å². The molecule has 0 aliphatic carbocycles. The lowest BCUT2D eigenvalue weighted by atomic mass is 10.1. The molecule has 0 heterocycles. The van der Waals surface area contributed by atoms with Gasteiger partial charge in [0.25, 0.3) is 0 Å². The van der Waals surface area contributed by atoms with Crippen LogP contribution in [-0.2, 0) is 9.59 Å². The number of carbonyl (C=O) groups excluding carboxylic acids is 1. The Hall–Kier alpha value is -0.370. The molecule has 0 aromatic heterocycles. The maximum atomic E-state index is 10.9. The van der Waals surface area contributed by atoms with Crippen molar-refractivity contribution in [2.24, 2.45) is 5.73 Å². The van der Waals surface area contributed by atoms with Crippen molar-refractivity contribution in [1.29, 1.82) is 0 Å². The maximum Gasteiger partial charge on any atom is 0.303 e. The van der Waals surface area contributed by atoms with E-state index in [1.807, 2.05) is 0 Å². The Kier molecular flexibility index (Phi) is 7.77. The summed E-state index contributed by atoms with van der Waals surface area (Å²) in [4.78, 5) is 21.1. The topological polar surface area (TPSA) is 92.4 Å². The molecule has 5 nitrogen and oxygen atoms in total. The van der Waals surface area contributed by atoms with Gasteiger partial charge < -0.3 is 10.8 Å². The molecule has 0 radical (unpaired) electrons. The van der Waals surface area contributed by atoms with Crippen molar-refractivity contribution < 1.29 is 14.7 Å². The van der Waals surface area contributed by atoms with Crippen molar-refractivity contribution in [3.8, 4) is 0 Å². The first-order chi connectivity index (χ1) is 6.57. The summed E-state index contributed by atoms with van der Waals surface area (Å²) in [6, 6.07) is -0.475. The minimum atomic E-state index is -0.778. The third-order valence-electron chi connectivity index (χ3n) is 1.84. The number of carbonyl (C=O) groups is 2. The van der Waals surface area contributed by atoms with Gasteiger partial charge in [-0.2, -0.15) is 0 Å². The predicted octanol–water partition coefficient (Wildman–Crippen LogP) is 0.815. The second kappa shape index (κ2) is 7.98. The Labute approximate surface area is 96.9 Å². The number of nitrogens with two attached hydrogens (primary N) is 1. The standard InChI is InChI=1S/C8H15IN2O3/c9-11-8(14)6(10)4-2-1-3-5-7(12)13/h6H,1-5,10H2,(H,11,14)(H,12,13)/t6-/m0/s1. The van der Waals surface area contributed by atoms with E-state index in [1.165, 1.54) is 0 Å². The van der Waals surface area contributed by atoms with Gasteiger partial charge >= 0.3 is 5.97 Å². The van der Waals surface area contributed by atoms with Crippen LogP contribution in [0.5, 0.6) is 0 Å². The summed E-state index contributed by atoms with van der Waals surface area (Å²) in [5.41, 5.74) is 5.54. The number of carboxylic acids is 1. The maximum absolute atomic E-state index is 10.9. The lowest BCUT2D eigenvalue weighted by molar-refractivity contribution is -0.137. The van der Waals surface area contributed by atoms with Crippen molar-refractivity contribution in [3.63, 3.8) is 0 Å². The third kappa shape index (κ3) is 7.07. The summed E-state index contributed by atoms with van der Waals surface area (Å²) in [5.74, 6) is -0.955. The smallest absolute Gasteiger partial charge is 0.303 e. The van der Waals surface area contributed by atoms with E-state index < -0.39 is 12.0 Å². The van der Waals surface area contributed by atoms with Crippen LogP contribution in [0.2, 0.25) is 0 Å². The van der Waals surface area contributed by atoms with Gasteiger partial charge in [0.15, 0.2) is 0 Å². The monoisotopic (exact) mass is 314 g/mol. The average Bonchev–Trinajstić information content (AvgIpc) is 2.15. The summed E-state index contributed by atoms with van der Waals surface area (Å²) >= 11 is 1.75. The lowest BCUT2D eigenvalue weighted by Crippen LogP contribution is -2.36. The van der Waals surface area contributed by atoms with Crippen LogP contribution in [0.25, 0.3) is 0 Å². The largest absolute Gasteiger partial charge is 0.481 e. The van der Waals surface area contributed by atoms with Gasteiger partial charge in [0, 0.05) is 6.42 Å². The SMILES string of the molecule is N[C@@H](CCCCCC(=O)O)C(=O)NI. The van der Waals surface area contributed by atoms with E-state index in [2.05, 4.69) is 3.53 Å². The number of hydrogen-bond acceptors (Lipinski definition) is 3. The van der Waals surface area contributed by atoms with Crippen LogP contribution in [0.3, 0.4) is 0 Å². The Morgan fingerprint density at radius 2 is 2.00 bits per heavy atom. The van der Waals surface area contributed by atoms with Gasteiger partial charge in [-0.15, -0.1) is 0 Å². The molecule has 6 heteroatoms. The second-order valence-electron chi connectivity index (χ2n) is 3.06. The first kappa shape index (κ1) is 13.6. The minimum absolute atomic E-state index is 0.177. The van der Waals surface area contributed by atoms with Gasteiger partial charge in [-0.1, -0.05) is 12.8 Å².